The summed E-state index contributed by atoms with van der Waals surface area (Å²) in [4.78, 5) is 9.17. The maximum Gasteiger partial charge on any atom is 0.0946 e. The van der Waals surface area contributed by atoms with E-state index in [1.807, 2.05) is 49.2 Å². The Kier molecular flexibility index (Phi) is 3.50. The van der Waals surface area contributed by atoms with Gasteiger partial charge in [-0.2, -0.15) is 5.10 Å². The van der Waals surface area contributed by atoms with Gasteiger partial charge in [0, 0.05) is 7.05 Å². The Morgan fingerprint density at radius 1 is 1.20 bits per heavy atom. The second-order valence-electron chi connectivity index (χ2n) is 4.51. The number of para-hydroxylation sites is 2. The fraction of sp³-hybridized carbons (Fsp3) is 0.214. The Balaban J connectivity index is 2.12. The lowest BCUT2D eigenvalue weighted by Crippen LogP contribution is -2.22. The summed E-state index contributed by atoms with van der Waals surface area (Å²) in [6.45, 7) is 0. The van der Waals surface area contributed by atoms with Crippen molar-refractivity contribution < 1.29 is 0 Å². The first-order valence-electron chi connectivity index (χ1n) is 6.27. The van der Waals surface area contributed by atoms with Crippen LogP contribution in [-0.4, -0.2) is 26.8 Å². The van der Waals surface area contributed by atoms with Gasteiger partial charge in [-0.3, -0.25) is 9.67 Å². The summed E-state index contributed by atoms with van der Waals surface area (Å²) < 4.78 is 2.79. The van der Waals surface area contributed by atoms with Crippen molar-refractivity contribution >= 4 is 27.0 Å². The molecule has 0 bridgehead atoms. The van der Waals surface area contributed by atoms with Crippen LogP contribution < -0.4 is 5.32 Å². The Hall–Kier alpha value is -1.79. The summed E-state index contributed by atoms with van der Waals surface area (Å²) in [6, 6.07) is 7.80. The van der Waals surface area contributed by atoms with Crippen molar-refractivity contribution in [2.24, 2.45) is 7.05 Å². The predicted octanol–water partition coefficient (Wildman–Crippen LogP) is 2.43. The molecule has 2 aromatic heterocycles. The molecule has 1 aromatic carbocycles. The normalized spacial score (nSPS) is 12.8. The van der Waals surface area contributed by atoms with E-state index >= 15 is 0 Å². The lowest BCUT2D eigenvalue weighted by Gasteiger charge is -2.17. The van der Waals surface area contributed by atoms with Crippen LogP contribution in [0.1, 0.15) is 17.4 Å². The number of rotatable bonds is 3. The molecule has 0 saturated heterocycles. The predicted molar refractivity (Wildman–Crippen MR) is 81.3 cm³/mol. The van der Waals surface area contributed by atoms with Gasteiger partial charge in [0.05, 0.1) is 45.3 Å². The molecule has 20 heavy (non-hydrogen) atoms. The number of fused-ring (bicyclic) bond motifs is 1. The third-order valence-electron chi connectivity index (χ3n) is 3.26. The number of hydrogen-bond donors (Lipinski definition) is 1. The Labute approximate surface area is 125 Å². The summed E-state index contributed by atoms with van der Waals surface area (Å²) in [7, 11) is 3.82. The van der Waals surface area contributed by atoms with Crippen LogP contribution in [0, 0.1) is 0 Å². The van der Waals surface area contributed by atoms with E-state index in [0.29, 0.717) is 0 Å². The van der Waals surface area contributed by atoms with E-state index in [9.17, 15) is 0 Å². The Bertz CT molecular complexity index is 733. The van der Waals surface area contributed by atoms with Crippen molar-refractivity contribution in [1.29, 1.82) is 0 Å². The monoisotopic (exact) mass is 331 g/mol. The molecular formula is C14H14BrN5. The molecule has 1 atom stereocenters. The van der Waals surface area contributed by atoms with Gasteiger partial charge in [0.25, 0.3) is 0 Å². The molecule has 3 rings (SSSR count). The average Bonchev–Trinajstić information content (AvgIpc) is 2.80. The van der Waals surface area contributed by atoms with Crippen LogP contribution in [0.3, 0.4) is 0 Å². The zero-order valence-electron chi connectivity index (χ0n) is 11.2. The molecule has 0 saturated carbocycles. The van der Waals surface area contributed by atoms with Crippen LogP contribution in [0.25, 0.3) is 11.0 Å². The molecule has 1 unspecified atom stereocenters. The second-order valence-corrected chi connectivity index (χ2v) is 5.36. The molecule has 0 aliphatic heterocycles. The highest BCUT2D eigenvalue weighted by molar-refractivity contribution is 9.10. The Morgan fingerprint density at radius 2 is 1.95 bits per heavy atom. The van der Waals surface area contributed by atoms with E-state index in [2.05, 4.69) is 31.3 Å². The molecule has 0 aliphatic carbocycles. The molecule has 3 aromatic rings. The van der Waals surface area contributed by atoms with Crippen molar-refractivity contribution in [2.75, 3.05) is 7.05 Å². The number of halogens is 1. The molecule has 2 heterocycles. The van der Waals surface area contributed by atoms with Crippen molar-refractivity contribution in [3.8, 4) is 0 Å². The van der Waals surface area contributed by atoms with Gasteiger partial charge in [0.15, 0.2) is 0 Å². The van der Waals surface area contributed by atoms with Crippen LogP contribution in [-0.2, 0) is 7.05 Å². The van der Waals surface area contributed by atoms with Gasteiger partial charge in [0.2, 0.25) is 0 Å². The van der Waals surface area contributed by atoms with Gasteiger partial charge < -0.3 is 5.32 Å². The summed E-state index contributed by atoms with van der Waals surface area (Å²) in [6.07, 6.45) is 3.59. The minimum atomic E-state index is -0.0611. The summed E-state index contributed by atoms with van der Waals surface area (Å²) in [5, 5.41) is 7.53. The largest absolute Gasteiger partial charge is 0.307 e. The number of nitrogens with zero attached hydrogens (tertiary/aromatic N) is 4. The van der Waals surface area contributed by atoms with Crippen LogP contribution in [0.4, 0.5) is 0 Å². The van der Waals surface area contributed by atoms with E-state index in [1.165, 1.54) is 0 Å². The van der Waals surface area contributed by atoms with Crippen LogP contribution >= 0.6 is 15.9 Å². The van der Waals surface area contributed by atoms with Crippen molar-refractivity contribution in [3.63, 3.8) is 0 Å². The topological polar surface area (TPSA) is 55.6 Å². The third-order valence-corrected chi connectivity index (χ3v) is 3.87. The van der Waals surface area contributed by atoms with E-state index in [4.69, 9.17) is 4.98 Å². The van der Waals surface area contributed by atoms with E-state index < -0.39 is 0 Å². The lowest BCUT2D eigenvalue weighted by molar-refractivity contribution is 0.592. The highest BCUT2D eigenvalue weighted by Crippen LogP contribution is 2.27. The molecule has 0 aliphatic rings. The fourth-order valence-electron chi connectivity index (χ4n) is 2.28. The summed E-state index contributed by atoms with van der Waals surface area (Å²) in [5.41, 5.74) is 3.69. The minimum Gasteiger partial charge on any atom is -0.307 e. The first-order chi connectivity index (χ1) is 9.70. The van der Waals surface area contributed by atoms with Crippen LogP contribution in [0.5, 0.6) is 0 Å². The molecule has 0 fully saturated rings. The molecular weight excluding hydrogens is 318 g/mol. The van der Waals surface area contributed by atoms with Crippen molar-refractivity contribution in [1.82, 2.24) is 25.1 Å². The van der Waals surface area contributed by atoms with E-state index in [1.54, 1.807) is 6.20 Å². The molecule has 1 N–H and O–H groups in total. The Morgan fingerprint density at radius 3 is 2.60 bits per heavy atom. The van der Waals surface area contributed by atoms with Gasteiger partial charge in [-0.15, -0.1) is 0 Å². The van der Waals surface area contributed by atoms with Crippen LogP contribution in [0.2, 0.25) is 0 Å². The minimum absolute atomic E-state index is 0.0611. The average molecular weight is 332 g/mol. The molecule has 0 radical (unpaired) electrons. The van der Waals surface area contributed by atoms with Gasteiger partial charge in [-0.25, -0.2) is 4.98 Å². The van der Waals surface area contributed by atoms with Gasteiger partial charge >= 0.3 is 0 Å². The third kappa shape index (κ3) is 2.21. The fourth-order valence-corrected chi connectivity index (χ4v) is 2.86. The summed E-state index contributed by atoms with van der Waals surface area (Å²) in [5.74, 6) is 0. The number of aryl methyl sites for hydroxylation is 1. The van der Waals surface area contributed by atoms with Crippen molar-refractivity contribution in [2.45, 2.75) is 6.04 Å². The maximum absolute atomic E-state index is 4.70. The second kappa shape index (κ2) is 5.30. The van der Waals surface area contributed by atoms with Crippen LogP contribution in [0.15, 0.2) is 41.1 Å². The lowest BCUT2D eigenvalue weighted by atomic mass is 10.1. The number of nitrogens with one attached hydrogen (secondary N) is 1. The quantitative estimate of drug-likeness (QED) is 0.800. The first-order valence-corrected chi connectivity index (χ1v) is 7.06. The smallest absolute Gasteiger partial charge is 0.0946 e. The first kappa shape index (κ1) is 13.2. The van der Waals surface area contributed by atoms with Gasteiger partial charge in [0.1, 0.15) is 0 Å². The highest BCUT2D eigenvalue weighted by atomic mass is 79.9. The molecule has 0 spiro atoms. The maximum atomic E-state index is 4.70. The van der Waals surface area contributed by atoms with Gasteiger partial charge in [-0.1, -0.05) is 12.1 Å². The number of benzene rings is 1. The standard InChI is InChI=1S/C14H14BrN5/c1-16-13(14-9(15)7-18-20(14)2)12-8-17-10-5-3-4-6-11(10)19-12/h3-8,13,16H,1-2H3. The molecule has 5 nitrogen and oxygen atoms in total. The number of hydrogen-bond acceptors (Lipinski definition) is 4. The molecule has 0 amide bonds. The van der Waals surface area contributed by atoms with Gasteiger partial charge in [-0.05, 0) is 35.1 Å². The molecule has 102 valence electrons. The summed E-state index contributed by atoms with van der Waals surface area (Å²) >= 11 is 3.53. The molecule has 6 heteroatoms. The SMILES string of the molecule is CNC(c1cnc2ccccc2n1)c1c(Br)cnn1C. The van der Waals surface area contributed by atoms with Crippen molar-refractivity contribution in [3.05, 3.63) is 52.5 Å². The zero-order valence-corrected chi connectivity index (χ0v) is 12.8. The zero-order chi connectivity index (χ0) is 14.1. The van der Waals surface area contributed by atoms with E-state index in [-0.39, 0.29) is 6.04 Å². The number of aromatic nitrogens is 4. The van der Waals surface area contributed by atoms with E-state index in [0.717, 1.165) is 26.9 Å². The highest BCUT2D eigenvalue weighted by Gasteiger charge is 2.21.